The van der Waals surface area contributed by atoms with Gasteiger partial charge in [-0.15, -0.1) is 21.5 Å². The molecule has 0 radical (unpaired) electrons. The van der Waals surface area contributed by atoms with Crippen molar-refractivity contribution in [2.45, 2.75) is 30.7 Å². The summed E-state index contributed by atoms with van der Waals surface area (Å²) >= 11 is 3.00. The molecule has 0 saturated carbocycles. The van der Waals surface area contributed by atoms with Crippen molar-refractivity contribution in [2.75, 3.05) is 7.11 Å². The van der Waals surface area contributed by atoms with Gasteiger partial charge in [0, 0.05) is 22.3 Å². The van der Waals surface area contributed by atoms with Crippen molar-refractivity contribution in [1.29, 1.82) is 0 Å². The molecule has 8 heteroatoms. The molecule has 1 N–H and O–H groups in total. The van der Waals surface area contributed by atoms with Crippen LogP contribution < -0.4 is 4.74 Å². The lowest BCUT2D eigenvalue weighted by molar-refractivity contribution is 0.373. The van der Waals surface area contributed by atoms with E-state index in [9.17, 15) is 5.11 Å². The van der Waals surface area contributed by atoms with Crippen LogP contribution >= 0.6 is 23.1 Å². The van der Waals surface area contributed by atoms with Gasteiger partial charge < -0.3 is 14.3 Å². The van der Waals surface area contributed by atoms with Crippen LogP contribution in [-0.4, -0.2) is 27.4 Å². The maximum Gasteiger partial charge on any atom is 0.277 e. The number of aromatic hydroxyl groups is 1. The number of methoxy groups -OCH3 is 1. The zero-order valence-electron chi connectivity index (χ0n) is 16.8. The topological polar surface area (TPSA) is 81.3 Å². The van der Waals surface area contributed by atoms with Gasteiger partial charge in [-0.1, -0.05) is 37.7 Å². The molecule has 4 rings (SSSR count). The number of phenols is 1. The van der Waals surface area contributed by atoms with Crippen molar-refractivity contribution in [2.24, 2.45) is 0 Å². The Morgan fingerprint density at radius 2 is 1.87 bits per heavy atom. The Balaban J connectivity index is 1.41. The minimum atomic E-state index is 0.111. The van der Waals surface area contributed by atoms with E-state index in [0.29, 0.717) is 28.5 Å². The van der Waals surface area contributed by atoms with Crippen molar-refractivity contribution in [1.82, 2.24) is 15.2 Å². The molecule has 0 fully saturated rings. The second kappa shape index (κ2) is 8.89. The van der Waals surface area contributed by atoms with Crippen molar-refractivity contribution in [3.05, 3.63) is 59.1 Å². The van der Waals surface area contributed by atoms with Gasteiger partial charge in [0.2, 0.25) is 5.89 Å². The number of thiazole rings is 1. The first-order valence-electron chi connectivity index (χ1n) is 9.42. The van der Waals surface area contributed by atoms with Gasteiger partial charge in [0.1, 0.15) is 5.01 Å². The molecule has 2 aromatic heterocycles. The minimum Gasteiger partial charge on any atom is -0.504 e. The van der Waals surface area contributed by atoms with Gasteiger partial charge in [0.15, 0.2) is 11.5 Å². The zero-order chi connectivity index (χ0) is 21.1. The summed E-state index contributed by atoms with van der Waals surface area (Å²) in [7, 11) is 1.53. The summed E-state index contributed by atoms with van der Waals surface area (Å²) in [6.45, 7) is 4.33. The molecular formula is C22H21N3O3S2. The fourth-order valence-electron chi connectivity index (χ4n) is 2.85. The van der Waals surface area contributed by atoms with Crippen molar-refractivity contribution >= 4 is 23.1 Å². The maximum atomic E-state index is 9.75. The Hall–Kier alpha value is -2.84. The Labute approximate surface area is 183 Å². The minimum absolute atomic E-state index is 0.111. The van der Waals surface area contributed by atoms with Gasteiger partial charge in [-0.25, -0.2) is 4.98 Å². The number of rotatable bonds is 7. The highest BCUT2D eigenvalue weighted by molar-refractivity contribution is 7.98. The predicted octanol–water partition coefficient (Wildman–Crippen LogP) is 5.99. The van der Waals surface area contributed by atoms with Crippen LogP contribution in [0.15, 0.2) is 57.5 Å². The molecule has 0 aliphatic rings. The van der Waals surface area contributed by atoms with E-state index >= 15 is 0 Å². The number of phenolic OH excluding ortho intramolecular Hbond substituents is 1. The molecule has 154 valence electrons. The average Bonchev–Trinajstić information content (AvgIpc) is 3.42. The van der Waals surface area contributed by atoms with Crippen LogP contribution in [0, 0.1) is 0 Å². The molecule has 0 aliphatic carbocycles. The van der Waals surface area contributed by atoms with Crippen molar-refractivity contribution in [3.8, 4) is 33.5 Å². The van der Waals surface area contributed by atoms with E-state index in [2.05, 4.69) is 41.2 Å². The molecule has 0 unspecified atom stereocenters. The first kappa shape index (κ1) is 20.4. The largest absolute Gasteiger partial charge is 0.504 e. The molecule has 0 amide bonds. The van der Waals surface area contributed by atoms with E-state index in [1.807, 2.05) is 23.6 Å². The van der Waals surface area contributed by atoms with Crippen LogP contribution in [0.25, 0.3) is 22.0 Å². The predicted molar refractivity (Wildman–Crippen MR) is 119 cm³/mol. The van der Waals surface area contributed by atoms with E-state index in [0.717, 1.165) is 21.8 Å². The lowest BCUT2D eigenvalue weighted by atomic mass is 10.0. The van der Waals surface area contributed by atoms with Gasteiger partial charge in [0.25, 0.3) is 5.22 Å². The van der Waals surface area contributed by atoms with E-state index in [1.165, 1.54) is 24.4 Å². The molecule has 2 heterocycles. The first-order valence-corrected chi connectivity index (χ1v) is 11.3. The third-order valence-corrected chi connectivity index (χ3v) is 6.34. The summed E-state index contributed by atoms with van der Waals surface area (Å²) in [5.74, 6) is 2.17. The van der Waals surface area contributed by atoms with E-state index in [1.54, 1.807) is 23.5 Å². The van der Waals surface area contributed by atoms with Gasteiger partial charge in [-0.05, 0) is 41.8 Å². The Bertz CT molecular complexity index is 1140. The van der Waals surface area contributed by atoms with Crippen LogP contribution in [0.3, 0.4) is 0 Å². The normalized spacial score (nSPS) is 11.2. The van der Waals surface area contributed by atoms with Crippen molar-refractivity contribution < 1.29 is 14.3 Å². The molecule has 0 saturated heterocycles. The van der Waals surface area contributed by atoms with Crippen LogP contribution in [0.2, 0.25) is 0 Å². The fourth-order valence-corrected chi connectivity index (χ4v) is 4.43. The smallest absolute Gasteiger partial charge is 0.277 e. The van der Waals surface area contributed by atoms with Gasteiger partial charge >= 0.3 is 0 Å². The summed E-state index contributed by atoms with van der Waals surface area (Å²) in [5.41, 5.74) is 4.01. The lowest BCUT2D eigenvalue weighted by Gasteiger charge is -2.04. The van der Waals surface area contributed by atoms with Gasteiger partial charge in [-0.2, -0.15) is 0 Å². The molecule has 0 atom stereocenters. The second-order valence-electron chi connectivity index (χ2n) is 6.97. The Kier molecular flexibility index (Phi) is 6.06. The number of benzene rings is 2. The van der Waals surface area contributed by atoms with Gasteiger partial charge in [-0.3, -0.25) is 0 Å². The Morgan fingerprint density at radius 3 is 2.60 bits per heavy atom. The quantitative estimate of drug-likeness (QED) is 0.354. The molecule has 4 aromatic rings. The molecular weight excluding hydrogens is 418 g/mol. The van der Waals surface area contributed by atoms with E-state index < -0.39 is 0 Å². The van der Waals surface area contributed by atoms with Gasteiger partial charge in [0.05, 0.1) is 12.8 Å². The SMILES string of the molecule is COc1cc(-c2nc(CSc3nnc(-c4ccc(C(C)C)cc4)o3)cs2)ccc1O. The monoisotopic (exact) mass is 439 g/mol. The standard InChI is InChI=1S/C22H21N3O3S2/c1-13(2)14-4-6-15(7-5-14)20-24-25-22(28-20)30-12-17-11-29-21(23-17)16-8-9-18(26)19(10-16)27-3/h4-11,13,26H,12H2,1-3H3. The number of hydrogen-bond donors (Lipinski definition) is 1. The fraction of sp³-hybridized carbons (Fsp3) is 0.227. The molecule has 2 aromatic carbocycles. The highest BCUT2D eigenvalue weighted by Crippen LogP contribution is 2.34. The number of aromatic nitrogens is 3. The first-order chi connectivity index (χ1) is 14.5. The number of nitrogens with zero attached hydrogens (tertiary/aromatic N) is 3. The second-order valence-corrected chi connectivity index (χ2v) is 8.75. The molecule has 0 aliphatic heterocycles. The van der Waals surface area contributed by atoms with E-state index in [-0.39, 0.29) is 5.75 Å². The number of ether oxygens (including phenoxy) is 1. The van der Waals surface area contributed by atoms with Crippen LogP contribution in [-0.2, 0) is 5.75 Å². The van der Waals surface area contributed by atoms with Crippen LogP contribution in [0.4, 0.5) is 0 Å². The van der Waals surface area contributed by atoms with Crippen molar-refractivity contribution in [3.63, 3.8) is 0 Å². The summed E-state index contributed by atoms with van der Waals surface area (Å²) in [6.07, 6.45) is 0. The van der Waals surface area contributed by atoms with Crippen LogP contribution in [0.5, 0.6) is 11.5 Å². The third kappa shape index (κ3) is 4.49. The summed E-state index contributed by atoms with van der Waals surface area (Å²) in [6, 6.07) is 13.4. The summed E-state index contributed by atoms with van der Waals surface area (Å²) < 4.78 is 11.0. The highest BCUT2D eigenvalue weighted by Gasteiger charge is 2.12. The lowest BCUT2D eigenvalue weighted by Crippen LogP contribution is -1.86. The maximum absolute atomic E-state index is 9.75. The molecule has 6 nitrogen and oxygen atoms in total. The summed E-state index contributed by atoms with van der Waals surface area (Å²) in [4.78, 5) is 4.66. The molecule has 0 spiro atoms. The summed E-state index contributed by atoms with van der Waals surface area (Å²) in [5, 5.41) is 21.4. The average molecular weight is 440 g/mol. The number of hydrogen-bond acceptors (Lipinski definition) is 8. The molecule has 30 heavy (non-hydrogen) atoms. The number of thioether (sulfide) groups is 1. The van der Waals surface area contributed by atoms with E-state index in [4.69, 9.17) is 9.15 Å². The Morgan fingerprint density at radius 1 is 1.10 bits per heavy atom. The zero-order valence-corrected chi connectivity index (χ0v) is 18.5. The third-order valence-electron chi connectivity index (χ3n) is 4.55. The van der Waals surface area contributed by atoms with Crippen LogP contribution in [0.1, 0.15) is 31.0 Å². The molecule has 0 bridgehead atoms. The highest BCUT2D eigenvalue weighted by atomic mass is 32.2.